The fourth-order valence-electron chi connectivity index (χ4n) is 1.60. The van der Waals surface area contributed by atoms with Crippen LogP contribution in [0.3, 0.4) is 0 Å². The standard InChI is InChI=1S/C10H11NO/c12-10-9(6-7-11-10)8-4-2-1-3-5-8/h1-5,9H,6-7H2,(H,11,12). The second-order valence-corrected chi connectivity index (χ2v) is 3.04. The van der Waals surface area contributed by atoms with E-state index in [1.165, 1.54) is 0 Å². The lowest BCUT2D eigenvalue weighted by Gasteiger charge is -2.05. The smallest absolute Gasteiger partial charge is 0.227 e. The van der Waals surface area contributed by atoms with Crippen molar-refractivity contribution >= 4 is 5.91 Å². The molecule has 1 atom stereocenters. The van der Waals surface area contributed by atoms with E-state index >= 15 is 0 Å². The van der Waals surface area contributed by atoms with Crippen LogP contribution in [-0.2, 0) is 4.79 Å². The number of hydrogen-bond donors (Lipinski definition) is 1. The van der Waals surface area contributed by atoms with Gasteiger partial charge in [0.05, 0.1) is 5.92 Å². The van der Waals surface area contributed by atoms with Crippen LogP contribution in [0.4, 0.5) is 0 Å². The van der Waals surface area contributed by atoms with E-state index < -0.39 is 0 Å². The first kappa shape index (κ1) is 7.35. The average Bonchev–Trinajstić information content (AvgIpc) is 2.53. The Kier molecular flexibility index (Phi) is 1.82. The molecular weight excluding hydrogens is 150 g/mol. The molecule has 1 amide bonds. The third kappa shape index (κ3) is 1.20. The van der Waals surface area contributed by atoms with Gasteiger partial charge in [-0.15, -0.1) is 0 Å². The van der Waals surface area contributed by atoms with Crippen LogP contribution in [0.25, 0.3) is 0 Å². The summed E-state index contributed by atoms with van der Waals surface area (Å²) in [6, 6.07) is 9.93. The maximum absolute atomic E-state index is 11.3. The minimum absolute atomic E-state index is 0.0891. The maximum atomic E-state index is 11.3. The highest BCUT2D eigenvalue weighted by molar-refractivity contribution is 5.85. The van der Waals surface area contributed by atoms with Crippen molar-refractivity contribution < 1.29 is 4.79 Å². The van der Waals surface area contributed by atoms with E-state index in [4.69, 9.17) is 0 Å². The molecule has 0 aliphatic carbocycles. The molecule has 1 aliphatic heterocycles. The van der Waals surface area contributed by atoms with Crippen LogP contribution in [-0.4, -0.2) is 12.5 Å². The van der Waals surface area contributed by atoms with Gasteiger partial charge in [-0.05, 0) is 12.0 Å². The highest BCUT2D eigenvalue weighted by atomic mass is 16.2. The summed E-state index contributed by atoms with van der Waals surface area (Å²) < 4.78 is 0. The van der Waals surface area contributed by atoms with Crippen LogP contribution in [0.2, 0.25) is 0 Å². The third-order valence-electron chi connectivity index (χ3n) is 2.25. The number of rotatable bonds is 1. The Balaban J connectivity index is 2.25. The highest BCUT2D eigenvalue weighted by Gasteiger charge is 2.24. The molecule has 0 radical (unpaired) electrons. The molecule has 1 heterocycles. The quantitative estimate of drug-likeness (QED) is 0.660. The third-order valence-corrected chi connectivity index (χ3v) is 2.25. The molecule has 1 fully saturated rings. The van der Waals surface area contributed by atoms with Gasteiger partial charge in [0.15, 0.2) is 0 Å². The van der Waals surface area contributed by atoms with Gasteiger partial charge in [0.1, 0.15) is 0 Å². The minimum atomic E-state index is 0.0891. The van der Waals surface area contributed by atoms with Gasteiger partial charge in [0.25, 0.3) is 0 Å². The van der Waals surface area contributed by atoms with Crippen molar-refractivity contribution in [3.05, 3.63) is 35.9 Å². The van der Waals surface area contributed by atoms with E-state index in [0.717, 1.165) is 18.5 Å². The molecule has 0 aromatic heterocycles. The Morgan fingerprint density at radius 3 is 2.58 bits per heavy atom. The zero-order valence-corrected chi connectivity index (χ0v) is 6.79. The molecule has 1 aliphatic rings. The molecule has 0 spiro atoms. The molecule has 12 heavy (non-hydrogen) atoms. The molecule has 2 rings (SSSR count). The first-order valence-electron chi connectivity index (χ1n) is 4.20. The molecule has 0 bridgehead atoms. The van der Waals surface area contributed by atoms with Crippen LogP contribution in [0.15, 0.2) is 30.3 Å². The monoisotopic (exact) mass is 161 g/mol. The Bertz CT molecular complexity index is 281. The van der Waals surface area contributed by atoms with Crippen molar-refractivity contribution in [1.29, 1.82) is 0 Å². The van der Waals surface area contributed by atoms with Gasteiger partial charge in [0, 0.05) is 6.54 Å². The Hall–Kier alpha value is -1.31. The Morgan fingerprint density at radius 2 is 2.00 bits per heavy atom. The van der Waals surface area contributed by atoms with E-state index in [-0.39, 0.29) is 11.8 Å². The molecule has 62 valence electrons. The summed E-state index contributed by atoms with van der Waals surface area (Å²) in [5, 5.41) is 2.83. The van der Waals surface area contributed by atoms with Crippen molar-refractivity contribution in [3.8, 4) is 0 Å². The minimum Gasteiger partial charge on any atom is -0.356 e. The maximum Gasteiger partial charge on any atom is 0.227 e. The molecule has 2 nitrogen and oxygen atoms in total. The molecular formula is C10H11NO. The summed E-state index contributed by atoms with van der Waals surface area (Å²) in [7, 11) is 0. The molecule has 1 unspecified atom stereocenters. The molecule has 1 aromatic carbocycles. The van der Waals surface area contributed by atoms with Gasteiger partial charge in [-0.3, -0.25) is 4.79 Å². The van der Waals surface area contributed by atoms with Crippen LogP contribution < -0.4 is 5.32 Å². The number of nitrogens with one attached hydrogen (secondary N) is 1. The topological polar surface area (TPSA) is 29.1 Å². The van der Waals surface area contributed by atoms with E-state index in [9.17, 15) is 4.79 Å². The molecule has 0 saturated carbocycles. The lowest BCUT2D eigenvalue weighted by molar-refractivity contribution is -0.120. The second-order valence-electron chi connectivity index (χ2n) is 3.04. The lowest BCUT2D eigenvalue weighted by atomic mass is 9.98. The van der Waals surface area contributed by atoms with Crippen molar-refractivity contribution in [3.63, 3.8) is 0 Å². The Labute approximate surface area is 71.6 Å². The predicted molar refractivity (Wildman–Crippen MR) is 46.8 cm³/mol. The molecule has 1 saturated heterocycles. The first-order chi connectivity index (χ1) is 5.88. The van der Waals surface area contributed by atoms with Gasteiger partial charge in [0.2, 0.25) is 5.91 Å². The summed E-state index contributed by atoms with van der Waals surface area (Å²) >= 11 is 0. The summed E-state index contributed by atoms with van der Waals surface area (Å²) in [4.78, 5) is 11.3. The van der Waals surface area contributed by atoms with Gasteiger partial charge in [-0.2, -0.15) is 0 Å². The first-order valence-corrected chi connectivity index (χ1v) is 4.20. The van der Waals surface area contributed by atoms with Gasteiger partial charge in [-0.1, -0.05) is 30.3 Å². The molecule has 1 aromatic rings. The summed E-state index contributed by atoms with van der Waals surface area (Å²) in [6.45, 7) is 0.818. The number of amides is 1. The summed E-state index contributed by atoms with van der Waals surface area (Å²) in [5.41, 5.74) is 1.13. The molecule has 1 N–H and O–H groups in total. The van der Waals surface area contributed by atoms with Crippen LogP contribution in [0, 0.1) is 0 Å². The lowest BCUT2D eigenvalue weighted by Crippen LogP contribution is -2.17. The SMILES string of the molecule is O=C1NCCC1c1ccccc1. The van der Waals surface area contributed by atoms with E-state index in [1.807, 2.05) is 30.3 Å². The fraction of sp³-hybridized carbons (Fsp3) is 0.300. The van der Waals surface area contributed by atoms with Crippen molar-refractivity contribution in [2.24, 2.45) is 0 Å². The van der Waals surface area contributed by atoms with Crippen LogP contribution >= 0.6 is 0 Å². The van der Waals surface area contributed by atoms with Crippen LogP contribution in [0.5, 0.6) is 0 Å². The van der Waals surface area contributed by atoms with E-state index in [1.54, 1.807) is 0 Å². The zero-order valence-electron chi connectivity index (χ0n) is 6.79. The average molecular weight is 161 g/mol. The van der Waals surface area contributed by atoms with Gasteiger partial charge < -0.3 is 5.32 Å². The number of hydrogen-bond acceptors (Lipinski definition) is 1. The largest absolute Gasteiger partial charge is 0.356 e. The van der Waals surface area contributed by atoms with E-state index in [2.05, 4.69) is 5.32 Å². The molecule has 2 heteroatoms. The number of carbonyl (C=O) groups is 1. The Morgan fingerprint density at radius 1 is 1.25 bits per heavy atom. The fourth-order valence-corrected chi connectivity index (χ4v) is 1.60. The highest BCUT2D eigenvalue weighted by Crippen LogP contribution is 2.22. The van der Waals surface area contributed by atoms with E-state index in [0.29, 0.717) is 0 Å². The van der Waals surface area contributed by atoms with Gasteiger partial charge in [-0.25, -0.2) is 0 Å². The normalized spacial score (nSPS) is 22.3. The number of benzene rings is 1. The van der Waals surface area contributed by atoms with Crippen molar-refractivity contribution in [2.75, 3.05) is 6.54 Å². The van der Waals surface area contributed by atoms with Crippen molar-refractivity contribution in [1.82, 2.24) is 5.32 Å². The van der Waals surface area contributed by atoms with Crippen molar-refractivity contribution in [2.45, 2.75) is 12.3 Å². The second kappa shape index (κ2) is 2.97. The van der Waals surface area contributed by atoms with Gasteiger partial charge >= 0.3 is 0 Å². The summed E-state index contributed by atoms with van der Waals surface area (Å²) in [5.74, 6) is 0.257. The summed E-state index contributed by atoms with van der Waals surface area (Å²) in [6.07, 6.45) is 0.933. The zero-order chi connectivity index (χ0) is 8.39. The predicted octanol–water partition coefficient (Wildman–Crippen LogP) is 1.29. The number of carbonyl (C=O) groups excluding carboxylic acids is 1. The van der Waals surface area contributed by atoms with Crippen LogP contribution in [0.1, 0.15) is 17.9 Å².